The summed E-state index contributed by atoms with van der Waals surface area (Å²) in [6.45, 7) is 5.68. The number of benzene rings is 2. The maximum atomic E-state index is 13.2. The maximum Gasteiger partial charge on any atom is 0.240 e. The average molecular weight is 378 g/mol. The van der Waals surface area contributed by atoms with Gasteiger partial charge in [-0.3, -0.25) is 4.79 Å². The number of hydrogen-bond acceptors (Lipinski definition) is 3. The molecule has 0 spiro atoms. The van der Waals surface area contributed by atoms with Crippen molar-refractivity contribution >= 4 is 15.9 Å². The molecule has 0 bridgehead atoms. The third kappa shape index (κ3) is 5.37. The Bertz CT molecular complexity index is 911. The van der Waals surface area contributed by atoms with Crippen LogP contribution in [0.4, 0.5) is 4.39 Å². The fourth-order valence-electron chi connectivity index (χ4n) is 2.37. The molecule has 0 unspecified atom stereocenters. The SMILES string of the molecule is Cc1ccc(S(=O)(=O)NCCC(=O)NCc2ccc(F)c(C)c2)cc1C. The fraction of sp³-hybridized carbons (Fsp3) is 0.316. The van der Waals surface area contributed by atoms with Gasteiger partial charge in [-0.1, -0.05) is 18.2 Å². The molecule has 0 saturated carbocycles. The first-order chi connectivity index (χ1) is 12.2. The minimum Gasteiger partial charge on any atom is -0.352 e. The number of nitrogens with one attached hydrogen (secondary N) is 2. The van der Waals surface area contributed by atoms with E-state index in [9.17, 15) is 17.6 Å². The van der Waals surface area contributed by atoms with Crippen molar-refractivity contribution in [3.8, 4) is 0 Å². The summed E-state index contributed by atoms with van der Waals surface area (Å²) in [6.07, 6.45) is 0.0181. The molecule has 0 saturated heterocycles. The second-order valence-corrected chi connectivity index (χ2v) is 8.02. The van der Waals surface area contributed by atoms with Gasteiger partial charge in [-0.05, 0) is 61.2 Å². The Hall–Kier alpha value is -2.25. The third-order valence-electron chi connectivity index (χ3n) is 4.14. The van der Waals surface area contributed by atoms with Crippen molar-refractivity contribution < 1.29 is 17.6 Å². The highest BCUT2D eigenvalue weighted by molar-refractivity contribution is 7.89. The maximum absolute atomic E-state index is 13.2. The largest absolute Gasteiger partial charge is 0.352 e. The van der Waals surface area contributed by atoms with E-state index in [-0.39, 0.29) is 36.1 Å². The molecule has 2 rings (SSSR count). The summed E-state index contributed by atoms with van der Waals surface area (Å²) in [7, 11) is -3.64. The molecule has 2 aromatic carbocycles. The van der Waals surface area contributed by atoms with Crippen LogP contribution in [0.3, 0.4) is 0 Å². The molecule has 0 fully saturated rings. The molecule has 1 amide bonds. The van der Waals surface area contributed by atoms with Crippen LogP contribution in [-0.2, 0) is 21.4 Å². The van der Waals surface area contributed by atoms with Crippen molar-refractivity contribution in [3.05, 3.63) is 64.5 Å². The molecule has 0 aliphatic rings. The van der Waals surface area contributed by atoms with E-state index in [0.717, 1.165) is 16.7 Å². The fourth-order valence-corrected chi connectivity index (χ4v) is 3.49. The molecule has 2 N–H and O–H groups in total. The monoisotopic (exact) mass is 378 g/mol. The topological polar surface area (TPSA) is 75.3 Å². The molecular weight excluding hydrogens is 355 g/mol. The minimum atomic E-state index is -3.64. The highest BCUT2D eigenvalue weighted by Gasteiger charge is 2.14. The smallest absolute Gasteiger partial charge is 0.240 e. The molecule has 0 atom stereocenters. The van der Waals surface area contributed by atoms with E-state index in [1.807, 2.05) is 13.8 Å². The minimum absolute atomic E-state index is 0.00351. The molecule has 0 aliphatic carbocycles. The lowest BCUT2D eigenvalue weighted by molar-refractivity contribution is -0.121. The predicted molar refractivity (Wildman–Crippen MR) is 98.7 cm³/mol. The Balaban J connectivity index is 1.83. The highest BCUT2D eigenvalue weighted by atomic mass is 32.2. The van der Waals surface area contributed by atoms with Crippen molar-refractivity contribution in [1.29, 1.82) is 0 Å². The van der Waals surface area contributed by atoms with E-state index in [1.54, 1.807) is 37.3 Å². The van der Waals surface area contributed by atoms with Crippen LogP contribution < -0.4 is 10.0 Å². The van der Waals surface area contributed by atoms with Crippen molar-refractivity contribution in [2.24, 2.45) is 0 Å². The van der Waals surface area contributed by atoms with Crippen LogP contribution in [0.5, 0.6) is 0 Å². The zero-order valence-corrected chi connectivity index (χ0v) is 15.9. The summed E-state index contributed by atoms with van der Waals surface area (Å²) < 4.78 is 40.1. The van der Waals surface area contributed by atoms with E-state index in [4.69, 9.17) is 0 Å². The zero-order valence-electron chi connectivity index (χ0n) is 15.1. The van der Waals surface area contributed by atoms with Crippen LogP contribution in [0, 0.1) is 26.6 Å². The number of rotatable bonds is 7. The van der Waals surface area contributed by atoms with Gasteiger partial charge >= 0.3 is 0 Å². The molecular formula is C19H23FN2O3S. The average Bonchev–Trinajstić information content (AvgIpc) is 2.58. The van der Waals surface area contributed by atoms with Crippen LogP contribution in [-0.4, -0.2) is 20.9 Å². The molecule has 26 heavy (non-hydrogen) atoms. The van der Waals surface area contributed by atoms with E-state index < -0.39 is 10.0 Å². The van der Waals surface area contributed by atoms with Crippen LogP contribution in [0.1, 0.15) is 28.7 Å². The number of hydrogen-bond donors (Lipinski definition) is 2. The lowest BCUT2D eigenvalue weighted by Crippen LogP contribution is -2.30. The van der Waals surface area contributed by atoms with Gasteiger partial charge in [0.25, 0.3) is 0 Å². The van der Waals surface area contributed by atoms with Crippen LogP contribution in [0.15, 0.2) is 41.3 Å². The molecule has 140 valence electrons. The Labute approximate surface area is 153 Å². The first-order valence-electron chi connectivity index (χ1n) is 8.27. The molecule has 5 nitrogen and oxygen atoms in total. The second kappa shape index (κ2) is 8.42. The lowest BCUT2D eigenvalue weighted by Gasteiger charge is -2.09. The summed E-state index contributed by atoms with van der Waals surface area (Å²) in [6, 6.07) is 9.52. The quantitative estimate of drug-likeness (QED) is 0.778. The molecule has 0 radical (unpaired) electrons. The summed E-state index contributed by atoms with van der Waals surface area (Å²) in [5, 5.41) is 2.69. The number of aryl methyl sites for hydroxylation is 3. The third-order valence-corrected chi connectivity index (χ3v) is 5.60. The molecule has 0 heterocycles. The first-order valence-corrected chi connectivity index (χ1v) is 9.76. The first kappa shape index (κ1) is 20.1. The lowest BCUT2D eigenvalue weighted by atomic mass is 10.1. The van der Waals surface area contributed by atoms with Gasteiger partial charge in [-0.15, -0.1) is 0 Å². The zero-order chi connectivity index (χ0) is 19.3. The van der Waals surface area contributed by atoms with Gasteiger partial charge in [0.1, 0.15) is 5.82 Å². The normalized spacial score (nSPS) is 11.4. The van der Waals surface area contributed by atoms with Gasteiger partial charge in [0.2, 0.25) is 15.9 Å². The molecule has 0 aliphatic heterocycles. The number of carbonyl (C=O) groups is 1. The second-order valence-electron chi connectivity index (χ2n) is 6.25. The summed E-state index contributed by atoms with van der Waals surface area (Å²) in [5.41, 5.74) is 3.20. The van der Waals surface area contributed by atoms with Crippen molar-refractivity contribution in [2.75, 3.05) is 6.54 Å². The number of halogens is 1. The van der Waals surface area contributed by atoms with Gasteiger partial charge in [0.15, 0.2) is 0 Å². The van der Waals surface area contributed by atoms with Crippen molar-refractivity contribution in [3.63, 3.8) is 0 Å². The van der Waals surface area contributed by atoms with Crippen molar-refractivity contribution in [1.82, 2.24) is 10.0 Å². The number of amides is 1. The Morgan fingerprint density at radius 3 is 2.38 bits per heavy atom. The van der Waals surface area contributed by atoms with Gasteiger partial charge in [0, 0.05) is 19.5 Å². The van der Waals surface area contributed by atoms with E-state index in [1.165, 1.54) is 6.07 Å². The van der Waals surface area contributed by atoms with Gasteiger partial charge in [0.05, 0.1) is 4.90 Å². The Kier molecular flexibility index (Phi) is 6.50. The Morgan fingerprint density at radius 1 is 1.00 bits per heavy atom. The summed E-state index contributed by atoms with van der Waals surface area (Å²) in [4.78, 5) is 12.1. The van der Waals surface area contributed by atoms with Crippen LogP contribution in [0.25, 0.3) is 0 Å². The van der Waals surface area contributed by atoms with Gasteiger partial charge < -0.3 is 5.32 Å². The molecule has 2 aromatic rings. The van der Waals surface area contributed by atoms with E-state index in [2.05, 4.69) is 10.0 Å². The van der Waals surface area contributed by atoms with E-state index in [0.29, 0.717) is 5.56 Å². The van der Waals surface area contributed by atoms with Gasteiger partial charge in [-0.25, -0.2) is 17.5 Å². The highest BCUT2D eigenvalue weighted by Crippen LogP contribution is 2.14. The number of sulfonamides is 1. The van der Waals surface area contributed by atoms with E-state index >= 15 is 0 Å². The van der Waals surface area contributed by atoms with Crippen molar-refractivity contribution in [2.45, 2.75) is 38.6 Å². The summed E-state index contributed by atoms with van der Waals surface area (Å²) in [5.74, 6) is -0.574. The Morgan fingerprint density at radius 2 is 1.73 bits per heavy atom. The van der Waals surface area contributed by atoms with Crippen LogP contribution >= 0.6 is 0 Å². The molecule has 0 aromatic heterocycles. The predicted octanol–water partition coefficient (Wildman–Crippen LogP) is 2.74. The standard InChI is InChI=1S/C19H23FN2O3S/c1-13-4-6-17(11-14(13)2)26(24,25)22-9-8-19(23)21-12-16-5-7-18(20)15(3)10-16/h4-7,10-11,22H,8-9,12H2,1-3H3,(H,21,23). The summed E-state index contributed by atoms with van der Waals surface area (Å²) >= 11 is 0. The molecule has 7 heteroatoms. The van der Waals surface area contributed by atoms with Gasteiger partial charge in [-0.2, -0.15) is 0 Å². The number of carbonyl (C=O) groups excluding carboxylic acids is 1. The van der Waals surface area contributed by atoms with Crippen LogP contribution in [0.2, 0.25) is 0 Å².